The van der Waals surface area contributed by atoms with E-state index in [2.05, 4.69) is 10.2 Å². The Morgan fingerprint density at radius 3 is 2.54 bits per heavy atom. The fourth-order valence-corrected chi connectivity index (χ4v) is 5.46. The highest BCUT2D eigenvalue weighted by Crippen LogP contribution is 2.24. The van der Waals surface area contributed by atoms with Crippen molar-refractivity contribution in [3.63, 3.8) is 0 Å². The van der Waals surface area contributed by atoms with Crippen LogP contribution in [0.2, 0.25) is 0 Å². The molecule has 0 aliphatic carbocycles. The number of hydrogen-bond donors (Lipinski definition) is 1. The minimum absolute atomic E-state index is 0.225. The lowest BCUT2D eigenvalue weighted by Crippen LogP contribution is -2.38. The van der Waals surface area contributed by atoms with Crippen molar-refractivity contribution in [1.82, 2.24) is 14.5 Å². The number of amides is 1. The molecule has 1 aromatic carbocycles. The molecule has 0 atom stereocenters. The number of benzene rings is 1. The van der Waals surface area contributed by atoms with E-state index in [0.717, 1.165) is 58.5 Å². The molecule has 2 fully saturated rings. The molecule has 2 saturated heterocycles. The van der Waals surface area contributed by atoms with E-state index in [4.69, 9.17) is 4.74 Å². The average molecular weight is 410 g/mol. The number of nitrogens with zero attached hydrogens (tertiary/aromatic N) is 2. The largest absolute Gasteiger partial charge is 0.379 e. The number of nitrogens with one attached hydrogen (secondary N) is 1. The van der Waals surface area contributed by atoms with Gasteiger partial charge in [-0.2, -0.15) is 4.31 Å². The molecule has 1 amide bonds. The van der Waals surface area contributed by atoms with Crippen molar-refractivity contribution in [1.29, 1.82) is 0 Å². The topological polar surface area (TPSA) is 79.0 Å². The van der Waals surface area contributed by atoms with Crippen molar-refractivity contribution in [3.8, 4) is 0 Å². The Labute approximate surface area is 168 Å². The SMILES string of the molecule is Cc1ccc(C(=O)NCCCN2CCOCC2)cc1S(=O)(=O)N1CCCCC1. The second kappa shape index (κ2) is 9.82. The van der Waals surface area contributed by atoms with E-state index < -0.39 is 10.0 Å². The van der Waals surface area contributed by atoms with Gasteiger partial charge in [0.15, 0.2) is 0 Å². The van der Waals surface area contributed by atoms with Crippen molar-refractivity contribution < 1.29 is 17.9 Å². The van der Waals surface area contributed by atoms with Crippen LogP contribution in [0, 0.1) is 6.92 Å². The zero-order chi connectivity index (χ0) is 20.0. The minimum Gasteiger partial charge on any atom is -0.379 e. The summed E-state index contributed by atoms with van der Waals surface area (Å²) in [6.45, 7) is 7.78. The van der Waals surface area contributed by atoms with Gasteiger partial charge in [0.05, 0.1) is 18.1 Å². The molecular formula is C20H31N3O4S. The molecule has 2 aliphatic rings. The van der Waals surface area contributed by atoms with Crippen LogP contribution >= 0.6 is 0 Å². The number of carbonyl (C=O) groups excluding carboxylic acids is 1. The number of aryl methyl sites for hydroxylation is 1. The van der Waals surface area contributed by atoms with E-state index in [1.54, 1.807) is 23.4 Å². The molecule has 0 unspecified atom stereocenters. The lowest BCUT2D eigenvalue weighted by molar-refractivity contribution is 0.0374. The van der Waals surface area contributed by atoms with Crippen molar-refractivity contribution >= 4 is 15.9 Å². The van der Waals surface area contributed by atoms with Crippen molar-refractivity contribution in [2.45, 2.75) is 37.5 Å². The Kier molecular flexibility index (Phi) is 7.45. The molecule has 0 aromatic heterocycles. The average Bonchev–Trinajstić information content (AvgIpc) is 2.72. The minimum atomic E-state index is -3.55. The molecule has 0 bridgehead atoms. The Bertz CT molecular complexity index is 770. The summed E-state index contributed by atoms with van der Waals surface area (Å²) < 4.78 is 32.9. The molecule has 1 aromatic rings. The number of sulfonamides is 1. The number of piperidine rings is 1. The van der Waals surface area contributed by atoms with E-state index >= 15 is 0 Å². The standard InChI is InChI=1S/C20H31N3O4S/c1-17-6-7-18(16-19(17)28(25,26)23-10-3-2-4-11-23)20(24)21-8-5-9-22-12-14-27-15-13-22/h6-7,16H,2-5,8-15H2,1H3,(H,21,24). The lowest BCUT2D eigenvalue weighted by atomic mass is 10.1. The zero-order valence-corrected chi connectivity index (χ0v) is 17.5. The van der Waals surface area contributed by atoms with Gasteiger partial charge in [-0.3, -0.25) is 9.69 Å². The number of rotatable bonds is 7. The monoisotopic (exact) mass is 409 g/mol. The molecule has 2 aliphatic heterocycles. The van der Waals surface area contributed by atoms with Crippen molar-refractivity contribution in [2.75, 3.05) is 52.5 Å². The highest BCUT2D eigenvalue weighted by atomic mass is 32.2. The number of morpholine rings is 1. The molecule has 156 valence electrons. The maximum atomic E-state index is 13.0. The Morgan fingerprint density at radius 1 is 1.11 bits per heavy atom. The van der Waals surface area contributed by atoms with Gasteiger partial charge < -0.3 is 10.1 Å². The van der Waals surface area contributed by atoms with Crippen LogP contribution in [-0.2, 0) is 14.8 Å². The van der Waals surface area contributed by atoms with E-state index in [-0.39, 0.29) is 10.8 Å². The van der Waals surface area contributed by atoms with Gasteiger partial charge in [0.2, 0.25) is 10.0 Å². The molecular weight excluding hydrogens is 378 g/mol. The van der Waals surface area contributed by atoms with E-state index in [1.165, 1.54) is 6.07 Å². The smallest absolute Gasteiger partial charge is 0.251 e. The van der Waals surface area contributed by atoms with Gasteiger partial charge in [-0.25, -0.2) is 8.42 Å². The highest BCUT2D eigenvalue weighted by Gasteiger charge is 2.28. The maximum Gasteiger partial charge on any atom is 0.251 e. The van der Waals surface area contributed by atoms with Crippen LogP contribution in [0.3, 0.4) is 0 Å². The predicted molar refractivity (Wildman–Crippen MR) is 108 cm³/mol. The van der Waals surface area contributed by atoms with Crippen LogP contribution in [0.15, 0.2) is 23.1 Å². The highest BCUT2D eigenvalue weighted by molar-refractivity contribution is 7.89. The number of ether oxygens (including phenoxy) is 1. The first-order chi connectivity index (χ1) is 13.5. The molecule has 1 N–H and O–H groups in total. The summed E-state index contributed by atoms with van der Waals surface area (Å²) >= 11 is 0. The lowest BCUT2D eigenvalue weighted by Gasteiger charge is -2.27. The van der Waals surface area contributed by atoms with Crippen LogP contribution in [-0.4, -0.2) is 76.0 Å². The Hall–Kier alpha value is -1.48. The van der Waals surface area contributed by atoms with Crippen LogP contribution in [0.4, 0.5) is 0 Å². The first-order valence-electron chi connectivity index (χ1n) is 10.2. The van der Waals surface area contributed by atoms with Crippen LogP contribution in [0.5, 0.6) is 0 Å². The van der Waals surface area contributed by atoms with Gasteiger partial charge in [0.25, 0.3) is 5.91 Å². The predicted octanol–water partition coefficient (Wildman–Crippen LogP) is 1.62. The van der Waals surface area contributed by atoms with Gasteiger partial charge in [-0.1, -0.05) is 12.5 Å². The first-order valence-corrected chi connectivity index (χ1v) is 11.6. The normalized spacial score (nSPS) is 19.5. The summed E-state index contributed by atoms with van der Waals surface area (Å²) in [5.74, 6) is -0.225. The van der Waals surface area contributed by atoms with Gasteiger partial charge in [-0.05, 0) is 50.4 Å². The van der Waals surface area contributed by atoms with Gasteiger partial charge >= 0.3 is 0 Å². The fourth-order valence-electron chi connectivity index (χ4n) is 3.69. The second-order valence-corrected chi connectivity index (χ2v) is 9.41. The molecule has 28 heavy (non-hydrogen) atoms. The first kappa shape index (κ1) is 21.2. The molecule has 8 heteroatoms. The third kappa shape index (κ3) is 5.31. The summed E-state index contributed by atoms with van der Waals surface area (Å²) in [5.41, 5.74) is 1.07. The second-order valence-electron chi connectivity index (χ2n) is 7.51. The third-order valence-electron chi connectivity index (χ3n) is 5.42. The molecule has 0 saturated carbocycles. The Morgan fingerprint density at radius 2 is 1.82 bits per heavy atom. The van der Waals surface area contributed by atoms with Gasteiger partial charge in [0, 0.05) is 38.3 Å². The van der Waals surface area contributed by atoms with Crippen molar-refractivity contribution in [3.05, 3.63) is 29.3 Å². The molecule has 3 rings (SSSR count). The van der Waals surface area contributed by atoms with Gasteiger partial charge in [-0.15, -0.1) is 0 Å². The number of hydrogen-bond acceptors (Lipinski definition) is 5. The van der Waals surface area contributed by atoms with Crippen LogP contribution < -0.4 is 5.32 Å². The molecule has 2 heterocycles. The quantitative estimate of drug-likeness (QED) is 0.693. The fraction of sp³-hybridized carbons (Fsp3) is 0.650. The van der Waals surface area contributed by atoms with E-state index in [1.807, 2.05) is 0 Å². The van der Waals surface area contributed by atoms with Gasteiger partial charge in [0.1, 0.15) is 0 Å². The third-order valence-corrected chi connectivity index (χ3v) is 7.46. The summed E-state index contributed by atoms with van der Waals surface area (Å²) in [5, 5.41) is 2.91. The molecule has 0 spiro atoms. The summed E-state index contributed by atoms with van der Waals surface area (Å²) in [7, 11) is -3.55. The summed E-state index contributed by atoms with van der Waals surface area (Å²) in [6, 6.07) is 4.94. The summed E-state index contributed by atoms with van der Waals surface area (Å²) in [4.78, 5) is 15.1. The van der Waals surface area contributed by atoms with Crippen molar-refractivity contribution in [2.24, 2.45) is 0 Å². The summed E-state index contributed by atoms with van der Waals surface area (Å²) in [6.07, 6.45) is 3.71. The zero-order valence-electron chi connectivity index (χ0n) is 16.7. The van der Waals surface area contributed by atoms with Crippen LogP contribution in [0.1, 0.15) is 41.6 Å². The van der Waals surface area contributed by atoms with Crippen LogP contribution in [0.25, 0.3) is 0 Å². The molecule has 7 nitrogen and oxygen atoms in total. The van der Waals surface area contributed by atoms with E-state index in [9.17, 15) is 13.2 Å². The van der Waals surface area contributed by atoms with E-state index in [0.29, 0.717) is 30.8 Å². The maximum absolute atomic E-state index is 13.0. The molecule has 0 radical (unpaired) electrons. The number of carbonyl (C=O) groups is 1. The Balaban J connectivity index is 1.59.